The Kier molecular flexibility index (Phi) is 4.28. The van der Waals surface area contributed by atoms with Crippen molar-refractivity contribution >= 4 is 5.91 Å². The van der Waals surface area contributed by atoms with Crippen molar-refractivity contribution < 1.29 is 9.53 Å². The first-order chi connectivity index (χ1) is 8.72. The molecule has 18 heavy (non-hydrogen) atoms. The fraction of sp³-hybridized carbons (Fsp3) is 0.538. The second kappa shape index (κ2) is 5.93. The Morgan fingerprint density at radius 3 is 3.00 bits per heavy atom. The summed E-state index contributed by atoms with van der Waals surface area (Å²) in [5.41, 5.74) is 0.866. The molecular formula is C13H19N3O2. The van der Waals surface area contributed by atoms with Crippen molar-refractivity contribution in [2.24, 2.45) is 5.92 Å². The van der Waals surface area contributed by atoms with Gasteiger partial charge in [-0.1, -0.05) is 6.07 Å². The molecule has 1 fully saturated rings. The normalized spacial score (nSPS) is 24.8. The zero-order valence-electron chi connectivity index (χ0n) is 10.7. The SMILES string of the molecule is CNC1COCC1C(=O)N[C@H](C)c1ccccn1. The van der Waals surface area contributed by atoms with Crippen molar-refractivity contribution in [3.63, 3.8) is 0 Å². The maximum atomic E-state index is 12.1. The Morgan fingerprint density at radius 2 is 2.33 bits per heavy atom. The maximum Gasteiger partial charge on any atom is 0.227 e. The molecule has 0 aliphatic carbocycles. The molecule has 3 atom stereocenters. The summed E-state index contributed by atoms with van der Waals surface area (Å²) in [6.07, 6.45) is 1.73. The molecule has 2 heterocycles. The third kappa shape index (κ3) is 2.86. The van der Waals surface area contributed by atoms with Gasteiger partial charge in [0.15, 0.2) is 0 Å². The monoisotopic (exact) mass is 249 g/mol. The molecule has 1 aromatic rings. The highest BCUT2D eigenvalue weighted by atomic mass is 16.5. The van der Waals surface area contributed by atoms with E-state index in [0.717, 1.165) is 5.69 Å². The van der Waals surface area contributed by atoms with Crippen molar-refractivity contribution in [3.8, 4) is 0 Å². The lowest BCUT2D eigenvalue weighted by Gasteiger charge is -2.19. The number of amides is 1. The number of rotatable bonds is 4. The standard InChI is InChI=1S/C13H19N3O2/c1-9(11-5-3-4-6-15-11)16-13(17)10-7-18-8-12(10)14-2/h3-6,9-10,12,14H,7-8H2,1-2H3,(H,16,17)/t9-,10?,12?/m1/s1. The summed E-state index contributed by atoms with van der Waals surface area (Å²) >= 11 is 0. The first-order valence-electron chi connectivity index (χ1n) is 6.18. The average molecular weight is 249 g/mol. The first-order valence-corrected chi connectivity index (χ1v) is 6.18. The Balaban J connectivity index is 1.95. The number of carbonyl (C=O) groups is 1. The zero-order valence-corrected chi connectivity index (χ0v) is 10.7. The smallest absolute Gasteiger partial charge is 0.227 e. The van der Waals surface area contributed by atoms with Crippen molar-refractivity contribution in [2.75, 3.05) is 20.3 Å². The van der Waals surface area contributed by atoms with E-state index in [1.54, 1.807) is 6.20 Å². The van der Waals surface area contributed by atoms with Gasteiger partial charge >= 0.3 is 0 Å². The number of carbonyl (C=O) groups excluding carboxylic acids is 1. The molecule has 0 saturated carbocycles. The topological polar surface area (TPSA) is 63.2 Å². The molecule has 2 N–H and O–H groups in total. The van der Waals surface area contributed by atoms with Crippen LogP contribution in [0.25, 0.3) is 0 Å². The molecule has 0 aromatic carbocycles. The highest BCUT2D eigenvalue weighted by molar-refractivity contribution is 5.80. The van der Waals surface area contributed by atoms with E-state index in [2.05, 4.69) is 15.6 Å². The Bertz CT molecular complexity index is 396. The molecule has 5 nitrogen and oxygen atoms in total. The minimum Gasteiger partial charge on any atom is -0.379 e. The molecule has 2 unspecified atom stereocenters. The zero-order chi connectivity index (χ0) is 13.0. The first kappa shape index (κ1) is 13.0. The summed E-state index contributed by atoms with van der Waals surface area (Å²) < 4.78 is 5.33. The van der Waals surface area contributed by atoms with Crippen LogP contribution in [-0.4, -0.2) is 37.2 Å². The summed E-state index contributed by atoms with van der Waals surface area (Å²) in [7, 11) is 1.85. The lowest BCUT2D eigenvalue weighted by atomic mass is 10.0. The van der Waals surface area contributed by atoms with Crippen LogP contribution in [-0.2, 0) is 9.53 Å². The molecule has 1 aromatic heterocycles. The highest BCUT2D eigenvalue weighted by Gasteiger charge is 2.33. The fourth-order valence-corrected chi connectivity index (χ4v) is 2.12. The summed E-state index contributed by atoms with van der Waals surface area (Å²) in [5, 5.41) is 6.09. The fourth-order valence-electron chi connectivity index (χ4n) is 2.12. The van der Waals surface area contributed by atoms with Gasteiger partial charge < -0.3 is 15.4 Å². The minimum atomic E-state index is -0.124. The van der Waals surface area contributed by atoms with E-state index in [1.807, 2.05) is 32.2 Å². The number of aromatic nitrogens is 1. The second-order valence-electron chi connectivity index (χ2n) is 4.52. The molecule has 1 saturated heterocycles. The summed E-state index contributed by atoms with van der Waals surface area (Å²) in [5.74, 6) is -0.105. The lowest BCUT2D eigenvalue weighted by molar-refractivity contribution is -0.126. The molecule has 5 heteroatoms. The second-order valence-corrected chi connectivity index (χ2v) is 4.52. The van der Waals surface area contributed by atoms with Crippen LogP contribution in [0, 0.1) is 5.92 Å². The Hall–Kier alpha value is -1.46. The van der Waals surface area contributed by atoms with E-state index in [0.29, 0.717) is 13.2 Å². The molecule has 1 aliphatic heterocycles. The van der Waals surface area contributed by atoms with Crippen LogP contribution < -0.4 is 10.6 Å². The van der Waals surface area contributed by atoms with Crippen molar-refractivity contribution in [2.45, 2.75) is 19.0 Å². The molecule has 0 radical (unpaired) electrons. The molecule has 1 amide bonds. The molecule has 2 rings (SSSR count). The number of likely N-dealkylation sites (N-methyl/N-ethyl adjacent to an activating group) is 1. The largest absolute Gasteiger partial charge is 0.379 e. The van der Waals surface area contributed by atoms with Crippen molar-refractivity contribution in [3.05, 3.63) is 30.1 Å². The number of ether oxygens (including phenoxy) is 1. The van der Waals surface area contributed by atoms with Crippen LogP contribution in [0.5, 0.6) is 0 Å². The van der Waals surface area contributed by atoms with Gasteiger partial charge in [0.25, 0.3) is 0 Å². The maximum absolute atomic E-state index is 12.1. The van der Waals surface area contributed by atoms with Crippen LogP contribution in [0.1, 0.15) is 18.7 Å². The van der Waals surface area contributed by atoms with Gasteiger partial charge in [0.1, 0.15) is 0 Å². The average Bonchev–Trinajstić information content (AvgIpc) is 2.88. The molecule has 0 spiro atoms. The van der Waals surface area contributed by atoms with Gasteiger partial charge in [-0.2, -0.15) is 0 Å². The summed E-state index contributed by atoms with van der Waals surface area (Å²) in [4.78, 5) is 16.4. The number of nitrogens with one attached hydrogen (secondary N) is 2. The van der Waals surface area contributed by atoms with E-state index in [1.165, 1.54) is 0 Å². The van der Waals surface area contributed by atoms with Gasteiger partial charge in [-0.25, -0.2) is 0 Å². The number of nitrogens with zero attached hydrogens (tertiary/aromatic N) is 1. The van der Waals surface area contributed by atoms with Gasteiger partial charge in [-0.05, 0) is 26.1 Å². The lowest BCUT2D eigenvalue weighted by Crippen LogP contribution is -2.43. The predicted molar refractivity (Wildman–Crippen MR) is 68.0 cm³/mol. The Labute approximate surface area is 107 Å². The van der Waals surface area contributed by atoms with Crippen LogP contribution in [0.2, 0.25) is 0 Å². The van der Waals surface area contributed by atoms with Gasteiger partial charge in [0.2, 0.25) is 5.91 Å². The van der Waals surface area contributed by atoms with E-state index in [-0.39, 0.29) is 23.9 Å². The van der Waals surface area contributed by atoms with E-state index in [4.69, 9.17) is 4.74 Å². The molecular weight excluding hydrogens is 230 g/mol. The third-order valence-corrected chi connectivity index (χ3v) is 3.28. The van der Waals surface area contributed by atoms with Gasteiger partial charge in [0.05, 0.1) is 30.9 Å². The highest BCUT2D eigenvalue weighted by Crippen LogP contribution is 2.16. The Morgan fingerprint density at radius 1 is 1.50 bits per heavy atom. The van der Waals surface area contributed by atoms with Crippen LogP contribution in [0.4, 0.5) is 0 Å². The van der Waals surface area contributed by atoms with Gasteiger partial charge in [-0.3, -0.25) is 9.78 Å². The molecule has 0 bridgehead atoms. The molecule has 1 aliphatic rings. The van der Waals surface area contributed by atoms with Gasteiger partial charge in [0, 0.05) is 12.2 Å². The van der Waals surface area contributed by atoms with Crippen molar-refractivity contribution in [1.29, 1.82) is 0 Å². The number of hydrogen-bond acceptors (Lipinski definition) is 4. The van der Waals surface area contributed by atoms with E-state index in [9.17, 15) is 4.79 Å². The van der Waals surface area contributed by atoms with Crippen molar-refractivity contribution in [1.82, 2.24) is 15.6 Å². The van der Waals surface area contributed by atoms with Crippen LogP contribution in [0.3, 0.4) is 0 Å². The summed E-state index contributed by atoms with van der Waals surface area (Å²) in [6, 6.07) is 5.70. The van der Waals surface area contributed by atoms with E-state index >= 15 is 0 Å². The summed E-state index contributed by atoms with van der Waals surface area (Å²) in [6.45, 7) is 3.00. The van der Waals surface area contributed by atoms with Gasteiger partial charge in [-0.15, -0.1) is 0 Å². The van der Waals surface area contributed by atoms with Crippen LogP contribution in [0.15, 0.2) is 24.4 Å². The number of hydrogen-bond donors (Lipinski definition) is 2. The quantitative estimate of drug-likeness (QED) is 0.815. The van der Waals surface area contributed by atoms with Crippen LogP contribution >= 0.6 is 0 Å². The minimum absolute atomic E-state index is 0.0185. The predicted octanol–water partition coefficient (Wildman–Crippen LogP) is 0.493. The molecule has 98 valence electrons. The third-order valence-electron chi connectivity index (χ3n) is 3.28. The van der Waals surface area contributed by atoms with E-state index < -0.39 is 0 Å². The number of pyridine rings is 1.